The molecule has 8 heteroatoms. The van der Waals surface area contributed by atoms with Gasteiger partial charge in [-0.05, 0) is 38.4 Å². The van der Waals surface area contributed by atoms with Gasteiger partial charge >= 0.3 is 6.16 Å². The minimum Gasteiger partial charge on any atom is -0.427 e. The molecule has 1 saturated heterocycles. The number of carbonyl (C=O) groups is 1. The number of nitrogens with zero attached hydrogens (tertiary/aromatic N) is 4. The van der Waals surface area contributed by atoms with Crippen LogP contribution in [0.5, 0.6) is 0 Å². The average Bonchev–Trinajstić information content (AvgIpc) is 2.37. The summed E-state index contributed by atoms with van der Waals surface area (Å²) in [4.78, 5) is 26.8. The topological polar surface area (TPSA) is 67.8 Å². The highest BCUT2D eigenvalue weighted by molar-refractivity contribution is 6.28. The van der Waals surface area contributed by atoms with E-state index in [2.05, 4.69) is 14.9 Å². The van der Waals surface area contributed by atoms with Crippen LogP contribution in [0.25, 0.3) is 0 Å². The summed E-state index contributed by atoms with van der Waals surface area (Å²) in [5.41, 5.74) is -0.559. The fraction of sp³-hybridized carbons (Fsp3) is 0.615. The third-order valence-corrected chi connectivity index (χ3v) is 2.95. The summed E-state index contributed by atoms with van der Waals surface area (Å²) < 4.78 is 5.11. The number of hydroxylamine groups is 2. The third kappa shape index (κ3) is 5.02. The molecule has 0 aromatic carbocycles. The predicted molar refractivity (Wildman–Crippen MR) is 78.1 cm³/mol. The first-order valence-corrected chi connectivity index (χ1v) is 7.11. The Bertz CT molecular complexity index is 498. The van der Waals surface area contributed by atoms with Gasteiger partial charge in [-0.25, -0.2) is 14.8 Å². The summed E-state index contributed by atoms with van der Waals surface area (Å²) in [6.45, 7) is 7.88. The Labute approximate surface area is 128 Å². The van der Waals surface area contributed by atoms with Gasteiger partial charge in [-0.3, -0.25) is 0 Å². The zero-order valence-corrected chi connectivity index (χ0v) is 13.1. The molecule has 1 aliphatic rings. The van der Waals surface area contributed by atoms with Gasteiger partial charge in [0.15, 0.2) is 0 Å². The molecule has 1 aliphatic heterocycles. The molecule has 0 unspecified atom stereocenters. The molecule has 1 fully saturated rings. The summed E-state index contributed by atoms with van der Waals surface area (Å²) in [5.74, 6) is 0.770. The third-order valence-electron chi connectivity index (χ3n) is 2.77. The van der Waals surface area contributed by atoms with Crippen LogP contribution >= 0.6 is 11.6 Å². The summed E-state index contributed by atoms with van der Waals surface area (Å²) in [6, 6.07) is 1.80. The highest BCUT2D eigenvalue weighted by Gasteiger charge is 2.24. The number of aromatic nitrogens is 2. The smallest absolute Gasteiger partial charge is 0.427 e. The second kappa shape index (κ2) is 6.44. The molecule has 0 atom stereocenters. The van der Waals surface area contributed by atoms with Gasteiger partial charge in [0.2, 0.25) is 5.28 Å². The Morgan fingerprint density at radius 2 is 1.95 bits per heavy atom. The van der Waals surface area contributed by atoms with E-state index in [1.807, 2.05) is 0 Å². The van der Waals surface area contributed by atoms with E-state index in [9.17, 15) is 4.79 Å². The Morgan fingerprint density at radius 3 is 2.52 bits per heavy atom. The van der Waals surface area contributed by atoms with Crippen LogP contribution in [0.1, 0.15) is 20.8 Å². The van der Waals surface area contributed by atoms with E-state index in [4.69, 9.17) is 21.2 Å². The van der Waals surface area contributed by atoms with Crippen molar-refractivity contribution in [1.82, 2.24) is 15.0 Å². The Balaban J connectivity index is 1.82. The highest BCUT2D eigenvalue weighted by Crippen LogP contribution is 2.15. The van der Waals surface area contributed by atoms with Crippen LogP contribution in [0.3, 0.4) is 0 Å². The number of hydrogen-bond donors (Lipinski definition) is 0. The quantitative estimate of drug-likeness (QED) is 0.611. The van der Waals surface area contributed by atoms with Crippen molar-refractivity contribution in [3.05, 3.63) is 17.5 Å². The number of hydrogen-bond acceptors (Lipinski definition) is 7. The van der Waals surface area contributed by atoms with Gasteiger partial charge in [-0.2, -0.15) is 0 Å². The maximum Gasteiger partial charge on any atom is 0.528 e. The van der Waals surface area contributed by atoms with Crippen LogP contribution in [0.2, 0.25) is 5.28 Å². The van der Waals surface area contributed by atoms with Gasteiger partial charge in [-0.1, -0.05) is 0 Å². The van der Waals surface area contributed by atoms with Gasteiger partial charge in [0.05, 0.1) is 13.1 Å². The van der Waals surface area contributed by atoms with E-state index in [0.717, 1.165) is 5.82 Å². The fourth-order valence-electron chi connectivity index (χ4n) is 1.88. The monoisotopic (exact) mass is 314 g/mol. The van der Waals surface area contributed by atoms with Crippen molar-refractivity contribution < 1.29 is 14.4 Å². The highest BCUT2D eigenvalue weighted by atomic mass is 35.5. The molecule has 2 rings (SSSR count). The van der Waals surface area contributed by atoms with Crippen molar-refractivity contribution in [2.45, 2.75) is 26.4 Å². The molecular formula is C13H19ClN4O3. The lowest BCUT2D eigenvalue weighted by molar-refractivity contribution is -0.144. The van der Waals surface area contributed by atoms with Crippen molar-refractivity contribution in [3.63, 3.8) is 0 Å². The number of halogens is 1. The molecular weight excluding hydrogens is 296 g/mol. The normalized spacial score (nSPS) is 16.7. The molecule has 1 aromatic rings. The number of ether oxygens (including phenoxy) is 1. The zero-order chi connectivity index (χ0) is 15.5. The first-order chi connectivity index (χ1) is 9.83. The van der Waals surface area contributed by atoms with Gasteiger partial charge in [0.25, 0.3) is 0 Å². The maximum absolute atomic E-state index is 11.6. The summed E-state index contributed by atoms with van der Waals surface area (Å²) in [6.07, 6.45) is 0.940. The molecule has 1 aromatic heterocycles. The second-order valence-electron chi connectivity index (χ2n) is 5.66. The Kier molecular flexibility index (Phi) is 4.84. The maximum atomic E-state index is 11.6. The van der Waals surface area contributed by atoms with E-state index in [1.54, 1.807) is 38.1 Å². The van der Waals surface area contributed by atoms with Crippen molar-refractivity contribution in [2.75, 3.05) is 31.1 Å². The van der Waals surface area contributed by atoms with Crippen molar-refractivity contribution in [2.24, 2.45) is 0 Å². The minimum absolute atomic E-state index is 0.222. The Hall–Kier alpha value is -1.60. The average molecular weight is 315 g/mol. The number of rotatable bonds is 2. The lowest BCUT2D eigenvalue weighted by Crippen LogP contribution is -2.47. The standard InChI is InChI=1S/C13H19ClN4O3/c1-13(2,3)20-12(19)21-18-8-6-17(7-9-18)10-4-5-15-11(14)16-10/h4-5H,6-9H2,1-3H3. The van der Waals surface area contributed by atoms with Crippen LogP contribution in [-0.4, -0.2) is 53.0 Å². The van der Waals surface area contributed by atoms with Crippen LogP contribution in [0.4, 0.5) is 10.6 Å². The molecule has 0 spiro atoms. The first kappa shape index (κ1) is 15.8. The molecule has 0 N–H and O–H groups in total. The first-order valence-electron chi connectivity index (χ1n) is 6.73. The van der Waals surface area contributed by atoms with E-state index < -0.39 is 11.8 Å². The molecule has 2 heterocycles. The number of piperazine rings is 1. The van der Waals surface area contributed by atoms with Crippen LogP contribution in [0, 0.1) is 0 Å². The second-order valence-corrected chi connectivity index (χ2v) is 5.99. The SMILES string of the molecule is CC(C)(C)OC(=O)ON1CCN(c2ccnc(Cl)n2)CC1. The molecule has 0 saturated carbocycles. The molecule has 116 valence electrons. The van der Waals surface area contributed by atoms with E-state index in [-0.39, 0.29) is 5.28 Å². The van der Waals surface area contributed by atoms with Crippen molar-refractivity contribution in [3.8, 4) is 0 Å². The Morgan fingerprint density at radius 1 is 1.29 bits per heavy atom. The van der Waals surface area contributed by atoms with E-state index in [0.29, 0.717) is 26.2 Å². The van der Waals surface area contributed by atoms with E-state index >= 15 is 0 Å². The molecule has 21 heavy (non-hydrogen) atoms. The number of carbonyl (C=O) groups excluding carboxylic acids is 1. The molecule has 7 nitrogen and oxygen atoms in total. The fourth-order valence-corrected chi connectivity index (χ4v) is 2.03. The predicted octanol–water partition coefficient (Wildman–Crippen LogP) is 2.12. The lowest BCUT2D eigenvalue weighted by Gasteiger charge is -2.34. The molecule has 0 aliphatic carbocycles. The molecule has 0 radical (unpaired) electrons. The van der Waals surface area contributed by atoms with Gasteiger partial charge in [-0.15, -0.1) is 5.06 Å². The summed E-state index contributed by atoms with van der Waals surface area (Å²) in [5, 5.41) is 1.81. The van der Waals surface area contributed by atoms with Crippen molar-refractivity contribution >= 4 is 23.6 Å². The van der Waals surface area contributed by atoms with Gasteiger partial charge in [0.1, 0.15) is 11.4 Å². The molecule has 0 amide bonds. The van der Waals surface area contributed by atoms with Crippen molar-refractivity contribution in [1.29, 1.82) is 0 Å². The summed E-state index contributed by atoms with van der Waals surface area (Å²) >= 11 is 5.78. The number of anilines is 1. The van der Waals surface area contributed by atoms with E-state index in [1.165, 1.54) is 0 Å². The van der Waals surface area contributed by atoms with Gasteiger partial charge in [0, 0.05) is 19.3 Å². The van der Waals surface area contributed by atoms with Crippen LogP contribution < -0.4 is 4.90 Å². The largest absolute Gasteiger partial charge is 0.528 e. The zero-order valence-electron chi connectivity index (χ0n) is 12.4. The minimum atomic E-state index is -0.680. The van der Waals surface area contributed by atoms with Crippen LogP contribution in [-0.2, 0) is 9.57 Å². The summed E-state index contributed by atoms with van der Waals surface area (Å²) in [7, 11) is 0. The van der Waals surface area contributed by atoms with Crippen LogP contribution in [0.15, 0.2) is 12.3 Å². The molecule has 0 bridgehead atoms. The lowest BCUT2D eigenvalue weighted by atomic mass is 10.2. The van der Waals surface area contributed by atoms with Gasteiger partial charge < -0.3 is 14.5 Å².